The summed E-state index contributed by atoms with van der Waals surface area (Å²) in [4.78, 5) is 0. The van der Waals surface area contributed by atoms with E-state index < -0.39 is 0 Å². The summed E-state index contributed by atoms with van der Waals surface area (Å²) < 4.78 is 5.51. The summed E-state index contributed by atoms with van der Waals surface area (Å²) in [6, 6.07) is 0. The van der Waals surface area contributed by atoms with Gasteiger partial charge in [-0.2, -0.15) is 0 Å². The second-order valence-electron chi connectivity index (χ2n) is 5.84. The van der Waals surface area contributed by atoms with E-state index in [1.54, 1.807) is 0 Å². The Hall–Kier alpha value is -0.300. The van der Waals surface area contributed by atoms with Gasteiger partial charge in [-0.1, -0.05) is 53.7 Å². The van der Waals surface area contributed by atoms with Crippen LogP contribution in [0.1, 0.15) is 41.5 Å². The molecular weight excluding hydrogens is 160 g/mol. The Balaban J connectivity index is 3.53. The predicted molar refractivity (Wildman–Crippen MR) is 58.9 cm³/mol. The van der Waals surface area contributed by atoms with E-state index in [9.17, 15) is 0 Å². The van der Waals surface area contributed by atoms with Crippen LogP contribution < -0.4 is 0 Å². The van der Waals surface area contributed by atoms with Gasteiger partial charge in [0.1, 0.15) is 0 Å². The van der Waals surface area contributed by atoms with Gasteiger partial charge >= 0.3 is 0 Å². The second-order valence-corrected chi connectivity index (χ2v) is 5.84. The Morgan fingerprint density at radius 2 is 1.54 bits per heavy atom. The van der Waals surface area contributed by atoms with E-state index in [2.05, 4.69) is 53.7 Å². The van der Waals surface area contributed by atoms with E-state index in [0.29, 0.717) is 0 Å². The van der Waals surface area contributed by atoms with Crippen molar-refractivity contribution in [2.75, 3.05) is 13.2 Å². The van der Waals surface area contributed by atoms with Gasteiger partial charge in [0.05, 0.1) is 13.2 Å². The number of rotatable bonds is 3. The first-order chi connectivity index (χ1) is 5.71. The van der Waals surface area contributed by atoms with Crippen LogP contribution in [0.4, 0.5) is 0 Å². The molecule has 0 radical (unpaired) electrons. The Kier molecular flexibility index (Phi) is 4.69. The molecule has 0 aromatic carbocycles. The van der Waals surface area contributed by atoms with Crippen LogP contribution in [-0.4, -0.2) is 13.2 Å². The summed E-state index contributed by atoms with van der Waals surface area (Å²) >= 11 is 0. The molecule has 1 nitrogen and oxygen atoms in total. The first kappa shape index (κ1) is 12.7. The molecule has 0 aliphatic rings. The first-order valence-corrected chi connectivity index (χ1v) is 4.96. The normalized spacial score (nSPS) is 14.0. The summed E-state index contributed by atoms with van der Waals surface area (Å²) in [5, 5.41) is 0. The minimum atomic E-state index is 0.269. The van der Waals surface area contributed by atoms with Crippen molar-refractivity contribution < 1.29 is 4.74 Å². The van der Waals surface area contributed by atoms with E-state index in [-0.39, 0.29) is 10.8 Å². The van der Waals surface area contributed by atoms with Crippen LogP contribution in [0.15, 0.2) is 12.2 Å². The van der Waals surface area contributed by atoms with Crippen LogP contribution in [0.5, 0.6) is 0 Å². The average molecular weight is 184 g/mol. The molecule has 0 aliphatic heterocycles. The van der Waals surface area contributed by atoms with Gasteiger partial charge in [0, 0.05) is 0 Å². The maximum Gasteiger partial charge on any atom is 0.0647 e. The standard InChI is InChI=1S/C12H24O/c1-11(2,3)8-7-9-13-10-12(4,5)6/h7-8H,9-10H2,1-6H3/b8-7+. The van der Waals surface area contributed by atoms with Gasteiger partial charge in [0.15, 0.2) is 0 Å². The topological polar surface area (TPSA) is 9.23 Å². The lowest BCUT2D eigenvalue weighted by Gasteiger charge is -2.17. The van der Waals surface area contributed by atoms with Crippen LogP contribution in [0.25, 0.3) is 0 Å². The third kappa shape index (κ3) is 11.7. The van der Waals surface area contributed by atoms with Crippen LogP contribution in [0.3, 0.4) is 0 Å². The van der Waals surface area contributed by atoms with Crippen molar-refractivity contribution in [2.24, 2.45) is 10.8 Å². The summed E-state index contributed by atoms with van der Waals surface area (Å²) in [7, 11) is 0. The predicted octanol–water partition coefficient (Wildman–Crippen LogP) is 3.65. The molecule has 0 heterocycles. The maximum atomic E-state index is 5.51. The zero-order chi connectivity index (χ0) is 10.5. The molecule has 0 unspecified atom stereocenters. The average Bonchev–Trinajstić information content (AvgIpc) is 1.81. The lowest BCUT2D eigenvalue weighted by Crippen LogP contribution is -2.14. The molecule has 0 bridgehead atoms. The number of hydrogen-bond acceptors (Lipinski definition) is 1. The monoisotopic (exact) mass is 184 g/mol. The molecule has 1 heteroatoms. The first-order valence-electron chi connectivity index (χ1n) is 4.96. The maximum absolute atomic E-state index is 5.51. The molecule has 0 saturated carbocycles. The van der Waals surface area contributed by atoms with Gasteiger partial charge in [-0.3, -0.25) is 0 Å². The molecule has 0 spiro atoms. The van der Waals surface area contributed by atoms with E-state index in [1.807, 2.05) is 0 Å². The van der Waals surface area contributed by atoms with Crippen molar-refractivity contribution in [3.63, 3.8) is 0 Å². The van der Waals surface area contributed by atoms with E-state index >= 15 is 0 Å². The fraction of sp³-hybridized carbons (Fsp3) is 0.833. The molecule has 13 heavy (non-hydrogen) atoms. The third-order valence-corrected chi connectivity index (χ3v) is 1.37. The van der Waals surface area contributed by atoms with Gasteiger partial charge < -0.3 is 4.74 Å². The highest BCUT2D eigenvalue weighted by molar-refractivity contribution is 4.92. The second kappa shape index (κ2) is 4.80. The van der Waals surface area contributed by atoms with Crippen molar-refractivity contribution in [3.05, 3.63) is 12.2 Å². The van der Waals surface area contributed by atoms with Crippen LogP contribution in [-0.2, 0) is 4.74 Å². The number of allylic oxidation sites excluding steroid dienone is 1. The summed E-state index contributed by atoms with van der Waals surface area (Å²) in [5.74, 6) is 0. The summed E-state index contributed by atoms with van der Waals surface area (Å²) in [6.45, 7) is 14.7. The van der Waals surface area contributed by atoms with Crippen molar-refractivity contribution in [1.82, 2.24) is 0 Å². The fourth-order valence-corrected chi connectivity index (χ4v) is 0.835. The molecule has 78 valence electrons. The van der Waals surface area contributed by atoms with Gasteiger partial charge in [-0.25, -0.2) is 0 Å². The van der Waals surface area contributed by atoms with E-state index in [0.717, 1.165) is 13.2 Å². The molecular formula is C12H24O. The summed E-state index contributed by atoms with van der Waals surface area (Å²) in [5.41, 5.74) is 0.542. The smallest absolute Gasteiger partial charge is 0.0647 e. The van der Waals surface area contributed by atoms with Crippen molar-refractivity contribution in [3.8, 4) is 0 Å². The number of ether oxygens (including phenoxy) is 1. The minimum absolute atomic E-state index is 0.269. The van der Waals surface area contributed by atoms with Gasteiger partial charge in [0.2, 0.25) is 0 Å². The molecule has 0 amide bonds. The molecule has 0 N–H and O–H groups in total. The van der Waals surface area contributed by atoms with Crippen molar-refractivity contribution >= 4 is 0 Å². The van der Waals surface area contributed by atoms with Gasteiger partial charge in [-0.05, 0) is 10.8 Å². The third-order valence-electron chi connectivity index (χ3n) is 1.37. The molecule has 0 aromatic rings. The Bertz CT molecular complexity index is 155. The minimum Gasteiger partial charge on any atom is -0.377 e. The van der Waals surface area contributed by atoms with Gasteiger partial charge in [-0.15, -0.1) is 0 Å². The SMILES string of the molecule is CC(C)(C)/C=C/COCC(C)(C)C. The van der Waals surface area contributed by atoms with Crippen molar-refractivity contribution in [1.29, 1.82) is 0 Å². The zero-order valence-electron chi connectivity index (χ0n) is 9.98. The van der Waals surface area contributed by atoms with Crippen LogP contribution >= 0.6 is 0 Å². The van der Waals surface area contributed by atoms with Crippen LogP contribution in [0.2, 0.25) is 0 Å². The molecule has 0 saturated heterocycles. The highest BCUT2D eigenvalue weighted by Crippen LogP contribution is 2.15. The highest BCUT2D eigenvalue weighted by Gasteiger charge is 2.09. The largest absolute Gasteiger partial charge is 0.377 e. The Labute approximate surface area is 83.2 Å². The quantitative estimate of drug-likeness (QED) is 0.480. The lowest BCUT2D eigenvalue weighted by molar-refractivity contribution is 0.0906. The zero-order valence-corrected chi connectivity index (χ0v) is 9.98. The van der Waals surface area contributed by atoms with E-state index in [4.69, 9.17) is 4.74 Å². The fourth-order valence-electron chi connectivity index (χ4n) is 0.835. The van der Waals surface area contributed by atoms with Crippen LogP contribution in [0, 0.1) is 10.8 Å². The lowest BCUT2D eigenvalue weighted by atomic mass is 9.96. The summed E-state index contributed by atoms with van der Waals surface area (Å²) in [6.07, 6.45) is 4.29. The molecule has 0 rings (SSSR count). The number of hydrogen-bond donors (Lipinski definition) is 0. The molecule has 0 aliphatic carbocycles. The van der Waals surface area contributed by atoms with Gasteiger partial charge in [0.25, 0.3) is 0 Å². The van der Waals surface area contributed by atoms with E-state index in [1.165, 1.54) is 0 Å². The van der Waals surface area contributed by atoms with Crippen molar-refractivity contribution in [2.45, 2.75) is 41.5 Å². The molecule has 0 aromatic heterocycles. The Morgan fingerprint density at radius 1 is 1.00 bits per heavy atom. The molecule has 0 atom stereocenters. The highest BCUT2D eigenvalue weighted by atomic mass is 16.5. The molecule has 0 fully saturated rings. The Morgan fingerprint density at radius 3 is 1.92 bits per heavy atom.